The molecule has 0 saturated carbocycles. The summed E-state index contributed by atoms with van der Waals surface area (Å²) in [4.78, 5) is 0. The molecule has 2 nitrogen and oxygen atoms in total. The van der Waals surface area contributed by atoms with Gasteiger partial charge in [-0.15, -0.1) is 0 Å². The number of halogens is 2. The monoisotopic (exact) mass is 279 g/mol. The van der Waals surface area contributed by atoms with Gasteiger partial charge in [-0.1, -0.05) is 41.9 Å². The zero-order valence-electron chi connectivity index (χ0n) is 10.3. The van der Waals surface area contributed by atoms with Gasteiger partial charge in [0.15, 0.2) is 0 Å². The second-order valence-electron chi connectivity index (χ2n) is 4.29. The van der Waals surface area contributed by atoms with Crippen molar-refractivity contribution in [2.75, 3.05) is 6.54 Å². The lowest BCUT2D eigenvalue weighted by molar-refractivity contribution is 0.169. The summed E-state index contributed by atoms with van der Waals surface area (Å²) in [5, 5.41) is 13.7. The summed E-state index contributed by atoms with van der Waals surface area (Å²) in [6.07, 6.45) is -0.853. The van der Waals surface area contributed by atoms with Crippen molar-refractivity contribution in [2.45, 2.75) is 12.6 Å². The summed E-state index contributed by atoms with van der Waals surface area (Å²) in [6, 6.07) is 13.7. The van der Waals surface area contributed by atoms with E-state index in [0.29, 0.717) is 23.7 Å². The summed E-state index contributed by atoms with van der Waals surface area (Å²) in [5.74, 6) is -0.386. The number of nitrogens with one attached hydrogen (secondary N) is 1. The van der Waals surface area contributed by atoms with Crippen LogP contribution in [0.1, 0.15) is 17.2 Å². The van der Waals surface area contributed by atoms with Crippen LogP contribution in [-0.2, 0) is 6.54 Å². The molecule has 0 spiro atoms. The van der Waals surface area contributed by atoms with E-state index in [1.807, 2.05) is 24.3 Å². The van der Waals surface area contributed by atoms with Gasteiger partial charge in [0.1, 0.15) is 5.82 Å². The average molecular weight is 280 g/mol. The molecule has 0 aromatic heterocycles. The largest absolute Gasteiger partial charge is 0.387 e. The summed E-state index contributed by atoms with van der Waals surface area (Å²) in [6.45, 7) is 0.895. The van der Waals surface area contributed by atoms with Crippen molar-refractivity contribution in [1.29, 1.82) is 0 Å². The van der Waals surface area contributed by atoms with Gasteiger partial charge in [-0.2, -0.15) is 0 Å². The molecule has 2 aromatic rings. The molecule has 1 atom stereocenters. The van der Waals surface area contributed by atoms with E-state index in [1.165, 1.54) is 6.07 Å². The van der Waals surface area contributed by atoms with E-state index in [1.54, 1.807) is 18.2 Å². The quantitative estimate of drug-likeness (QED) is 0.880. The van der Waals surface area contributed by atoms with E-state index in [2.05, 4.69) is 5.32 Å². The molecule has 2 aromatic carbocycles. The molecule has 0 heterocycles. The Hall–Kier alpha value is -1.42. The van der Waals surface area contributed by atoms with Crippen LogP contribution in [0.2, 0.25) is 5.02 Å². The average Bonchev–Trinajstić information content (AvgIpc) is 2.41. The lowest BCUT2D eigenvalue weighted by Gasteiger charge is -2.13. The van der Waals surface area contributed by atoms with E-state index in [-0.39, 0.29) is 5.82 Å². The molecule has 100 valence electrons. The lowest BCUT2D eigenvalue weighted by Crippen LogP contribution is -2.21. The van der Waals surface area contributed by atoms with Crippen molar-refractivity contribution in [3.63, 3.8) is 0 Å². The summed E-state index contributed by atoms with van der Waals surface area (Å²) in [5.41, 5.74) is 1.37. The second kappa shape index (κ2) is 6.66. The second-order valence-corrected chi connectivity index (χ2v) is 4.73. The van der Waals surface area contributed by atoms with E-state index in [0.717, 1.165) is 5.56 Å². The normalized spacial score (nSPS) is 12.4. The van der Waals surface area contributed by atoms with Crippen molar-refractivity contribution < 1.29 is 9.50 Å². The van der Waals surface area contributed by atoms with Crippen molar-refractivity contribution in [3.8, 4) is 0 Å². The van der Waals surface area contributed by atoms with Gasteiger partial charge in [0.05, 0.1) is 6.10 Å². The Bertz CT molecular complexity index is 530. The smallest absolute Gasteiger partial charge is 0.129 e. The Kier molecular flexibility index (Phi) is 4.91. The minimum Gasteiger partial charge on any atom is -0.387 e. The molecule has 0 aliphatic carbocycles. The zero-order chi connectivity index (χ0) is 13.7. The molecule has 19 heavy (non-hydrogen) atoms. The first-order valence-corrected chi connectivity index (χ1v) is 6.42. The molecule has 2 rings (SSSR count). The van der Waals surface area contributed by atoms with Crippen LogP contribution in [0.25, 0.3) is 0 Å². The summed E-state index contributed by atoms with van der Waals surface area (Å²) < 4.78 is 13.4. The van der Waals surface area contributed by atoms with Crippen LogP contribution in [0.4, 0.5) is 4.39 Å². The minimum absolute atomic E-state index is 0.295. The Morgan fingerprint density at radius 1 is 1.11 bits per heavy atom. The SMILES string of the molecule is OC(CNCc1ccc(Cl)cc1)c1ccccc1F. The van der Waals surface area contributed by atoms with Gasteiger partial charge >= 0.3 is 0 Å². The standard InChI is InChI=1S/C15H15ClFNO/c16-12-7-5-11(6-8-12)9-18-10-15(19)13-3-1-2-4-14(13)17/h1-8,15,18-19H,9-10H2. The Labute approximate surface area is 116 Å². The van der Waals surface area contributed by atoms with Crippen LogP contribution in [0, 0.1) is 5.82 Å². The van der Waals surface area contributed by atoms with Crippen LogP contribution in [0.15, 0.2) is 48.5 Å². The van der Waals surface area contributed by atoms with Crippen molar-refractivity contribution in [2.24, 2.45) is 0 Å². The lowest BCUT2D eigenvalue weighted by atomic mass is 10.1. The van der Waals surface area contributed by atoms with Gasteiger partial charge in [0, 0.05) is 23.7 Å². The number of hydrogen-bond acceptors (Lipinski definition) is 2. The van der Waals surface area contributed by atoms with Crippen LogP contribution < -0.4 is 5.32 Å². The fraction of sp³-hybridized carbons (Fsp3) is 0.200. The van der Waals surface area contributed by atoms with Crippen LogP contribution in [0.5, 0.6) is 0 Å². The Morgan fingerprint density at radius 2 is 1.79 bits per heavy atom. The van der Waals surface area contributed by atoms with E-state index in [9.17, 15) is 9.50 Å². The molecule has 0 amide bonds. The molecule has 0 bridgehead atoms. The minimum atomic E-state index is -0.853. The van der Waals surface area contributed by atoms with Crippen LogP contribution >= 0.6 is 11.6 Å². The Morgan fingerprint density at radius 3 is 2.47 bits per heavy atom. The maximum Gasteiger partial charge on any atom is 0.129 e. The van der Waals surface area contributed by atoms with Gasteiger partial charge in [0.2, 0.25) is 0 Å². The van der Waals surface area contributed by atoms with E-state index in [4.69, 9.17) is 11.6 Å². The molecule has 2 N–H and O–H groups in total. The molecular weight excluding hydrogens is 265 g/mol. The first-order chi connectivity index (χ1) is 9.16. The number of rotatable bonds is 5. The number of aliphatic hydroxyl groups excluding tert-OH is 1. The topological polar surface area (TPSA) is 32.3 Å². The fourth-order valence-electron chi connectivity index (χ4n) is 1.81. The van der Waals surface area contributed by atoms with Gasteiger partial charge in [-0.3, -0.25) is 0 Å². The first-order valence-electron chi connectivity index (χ1n) is 6.04. The van der Waals surface area contributed by atoms with Gasteiger partial charge in [0.25, 0.3) is 0 Å². The highest BCUT2D eigenvalue weighted by molar-refractivity contribution is 6.30. The van der Waals surface area contributed by atoms with Gasteiger partial charge < -0.3 is 10.4 Å². The Balaban J connectivity index is 1.86. The molecule has 0 aliphatic rings. The van der Waals surface area contributed by atoms with Crippen molar-refractivity contribution in [3.05, 3.63) is 70.5 Å². The third-order valence-electron chi connectivity index (χ3n) is 2.84. The number of hydrogen-bond donors (Lipinski definition) is 2. The molecule has 4 heteroatoms. The molecule has 0 saturated heterocycles. The highest BCUT2D eigenvalue weighted by Crippen LogP contribution is 2.16. The fourth-order valence-corrected chi connectivity index (χ4v) is 1.94. The summed E-state index contributed by atoms with van der Waals surface area (Å²) >= 11 is 5.79. The maximum atomic E-state index is 13.4. The molecule has 1 unspecified atom stereocenters. The van der Waals surface area contributed by atoms with Gasteiger partial charge in [-0.05, 0) is 23.8 Å². The third kappa shape index (κ3) is 4.03. The molecule has 0 fully saturated rings. The molecule has 0 aliphatic heterocycles. The number of aliphatic hydroxyl groups is 1. The summed E-state index contributed by atoms with van der Waals surface area (Å²) in [7, 11) is 0. The maximum absolute atomic E-state index is 13.4. The van der Waals surface area contributed by atoms with Crippen LogP contribution in [-0.4, -0.2) is 11.7 Å². The highest BCUT2D eigenvalue weighted by atomic mass is 35.5. The molecular formula is C15H15ClFNO. The van der Waals surface area contributed by atoms with Gasteiger partial charge in [-0.25, -0.2) is 4.39 Å². The first kappa shape index (κ1) is 14.0. The van der Waals surface area contributed by atoms with E-state index >= 15 is 0 Å². The predicted octanol–water partition coefficient (Wildman–Crippen LogP) is 3.30. The number of benzene rings is 2. The van der Waals surface area contributed by atoms with Crippen molar-refractivity contribution >= 4 is 11.6 Å². The molecule has 0 radical (unpaired) electrons. The highest BCUT2D eigenvalue weighted by Gasteiger charge is 2.11. The van der Waals surface area contributed by atoms with Crippen molar-refractivity contribution in [1.82, 2.24) is 5.32 Å². The van der Waals surface area contributed by atoms with Crippen LogP contribution in [0.3, 0.4) is 0 Å². The predicted molar refractivity (Wildman–Crippen MR) is 74.5 cm³/mol. The third-order valence-corrected chi connectivity index (χ3v) is 3.10. The van der Waals surface area contributed by atoms with E-state index < -0.39 is 6.10 Å². The zero-order valence-corrected chi connectivity index (χ0v) is 11.1.